The van der Waals surface area contributed by atoms with Gasteiger partial charge < -0.3 is 9.84 Å². The summed E-state index contributed by atoms with van der Waals surface area (Å²) in [5, 5.41) is 10.0. The van der Waals surface area contributed by atoms with Crippen molar-refractivity contribution in [3.63, 3.8) is 0 Å². The largest absolute Gasteiger partial charge is 0.504 e. The minimum Gasteiger partial charge on any atom is -0.504 e. The first-order valence-electron chi connectivity index (χ1n) is 3.69. The molecule has 0 unspecified atom stereocenters. The topological polar surface area (TPSA) is 29.5 Å². The first kappa shape index (κ1) is 9.94. The maximum absolute atomic E-state index is 9.39. The third kappa shape index (κ3) is 2.67. The van der Waals surface area contributed by atoms with Gasteiger partial charge in [0.15, 0.2) is 11.5 Å². The molecule has 0 saturated carbocycles. The predicted octanol–water partition coefficient (Wildman–Crippen LogP) is 2.15. The van der Waals surface area contributed by atoms with Crippen LogP contribution in [0.4, 0.5) is 0 Å². The predicted molar refractivity (Wildman–Crippen MR) is 55.3 cm³/mol. The van der Waals surface area contributed by atoms with Crippen molar-refractivity contribution in [2.75, 3.05) is 12.4 Å². The Bertz CT molecular complexity index is 350. The molecule has 0 aliphatic heterocycles. The van der Waals surface area contributed by atoms with E-state index in [1.54, 1.807) is 18.2 Å². The molecule has 0 aliphatic carbocycles. The number of methoxy groups -OCH3 is 1. The summed E-state index contributed by atoms with van der Waals surface area (Å²) in [6.07, 6.45) is 0. The Labute approximate surface area is 85.7 Å². The molecule has 1 N–H and O–H groups in total. The SMILES string of the molecule is COc1ccc(C#CCBr)cc1O. The number of hydrogen-bond donors (Lipinski definition) is 1. The second kappa shape index (κ2) is 4.78. The summed E-state index contributed by atoms with van der Waals surface area (Å²) in [5.74, 6) is 6.30. The van der Waals surface area contributed by atoms with Crippen molar-refractivity contribution in [3.8, 4) is 23.3 Å². The Balaban J connectivity index is 2.96. The highest BCUT2D eigenvalue weighted by molar-refractivity contribution is 9.09. The maximum atomic E-state index is 9.39. The normalized spacial score (nSPS) is 8.77. The zero-order valence-corrected chi connectivity index (χ0v) is 8.76. The maximum Gasteiger partial charge on any atom is 0.160 e. The summed E-state index contributed by atoms with van der Waals surface area (Å²) in [4.78, 5) is 0. The van der Waals surface area contributed by atoms with Gasteiger partial charge in [-0.25, -0.2) is 0 Å². The van der Waals surface area contributed by atoms with E-state index in [-0.39, 0.29) is 5.75 Å². The van der Waals surface area contributed by atoms with Crippen LogP contribution in [0.3, 0.4) is 0 Å². The molecule has 1 aromatic carbocycles. The molecule has 0 saturated heterocycles. The van der Waals surface area contributed by atoms with Crippen LogP contribution in [-0.4, -0.2) is 17.5 Å². The van der Waals surface area contributed by atoms with Gasteiger partial charge in [-0.05, 0) is 18.2 Å². The van der Waals surface area contributed by atoms with E-state index in [9.17, 15) is 5.11 Å². The average Bonchev–Trinajstić information content (AvgIpc) is 2.15. The molecule has 0 amide bonds. The average molecular weight is 241 g/mol. The number of halogens is 1. The molecule has 0 aliphatic rings. The van der Waals surface area contributed by atoms with Crippen molar-refractivity contribution in [2.24, 2.45) is 0 Å². The lowest BCUT2D eigenvalue weighted by molar-refractivity contribution is 0.373. The quantitative estimate of drug-likeness (QED) is 0.603. The van der Waals surface area contributed by atoms with Gasteiger partial charge in [-0.3, -0.25) is 0 Å². The van der Waals surface area contributed by atoms with Crippen molar-refractivity contribution in [2.45, 2.75) is 0 Å². The van der Waals surface area contributed by atoms with Gasteiger partial charge in [-0.2, -0.15) is 0 Å². The fourth-order valence-electron chi connectivity index (χ4n) is 0.903. The van der Waals surface area contributed by atoms with Gasteiger partial charge in [0.25, 0.3) is 0 Å². The van der Waals surface area contributed by atoms with Crippen LogP contribution in [0.25, 0.3) is 0 Å². The van der Waals surface area contributed by atoms with Crippen molar-refractivity contribution < 1.29 is 9.84 Å². The van der Waals surface area contributed by atoms with Crippen LogP contribution in [-0.2, 0) is 0 Å². The van der Waals surface area contributed by atoms with Gasteiger partial charge in [-0.1, -0.05) is 27.8 Å². The van der Waals surface area contributed by atoms with Crippen LogP contribution in [0.5, 0.6) is 11.5 Å². The lowest BCUT2D eigenvalue weighted by atomic mass is 10.2. The third-order valence-corrected chi connectivity index (χ3v) is 1.76. The van der Waals surface area contributed by atoms with E-state index >= 15 is 0 Å². The van der Waals surface area contributed by atoms with E-state index in [4.69, 9.17) is 4.74 Å². The van der Waals surface area contributed by atoms with Crippen LogP contribution in [0.2, 0.25) is 0 Å². The molecule has 0 spiro atoms. The zero-order chi connectivity index (χ0) is 9.68. The van der Waals surface area contributed by atoms with Crippen molar-refractivity contribution >= 4 is 15.9 Å². The molecule has 13 heavy (non-hydrogen) atoms. The van der Waals surface area contributed by atoms with Gasteiger partial charge in [0, 0.05) is 5.56 Å². The number of hydrogen-bond acceptors (Lipinski definition) is 2. The van der Waals surface area contributed by atoms with Crippen LogP contribution in [0.15, 0.2) is 18.2 Å². The molecule has 1 aromatic rings. The van der Waals surface area contributed by atoms with Gasteiger partial charge in [-0.15, -0.1) is 0 Å². The third-order valence-electron chi connectivity index (χ3n) is 1.48. The summed E-state index contributed by atoms with van der Waals surface area (Å²) in [7, 11) is 1.51. The van der Waals surface area contributed by atoms with Crippen molar-refractivity contribution in [1.29, 1.82) is 0 Å². The molecule has 3 heteroatoms. The Kier molecular flexibility index (Phi) is 3.66. The van der Waals surface area contributed by atoms with Crippen LogP contribution in [0, 0.1) is 11.8 Å². The van der Waals surface area contributed by atoms with Gasteiger partial charge in [0.05, 0.1) is 12.4 Å². The number of ether oxygens (including phenoxy) is 1. The molecule has 0 heterocycles. The van der Waals surface area contributed by atoms with Crippen LogP contribution in [0.1, 0.15) is 5.56 Å². The highest BCUT2D eigenvalue weighted by Gasteiger charge is 1.99. The zero-order valence-electron chi connectivity index (χ0n) is 7.17. The van der Waals surface area contributed by atoms with E-state index in [2.05, 4.69) is 27.8 Å². The van der Waals surface area contributed by atoms with E-state index < -0.39 is 0 Å². The van der Waals surface area contributed by atoms with Crippen LogP contribution >= 0.6 is 15.9 Å². The summed E-state index contributed by atoms with van der Waals surface area (Å²) < 4.78 is 4.90. The monoisotopic (exact) mass is 240 g/mol. The highest BCUT2D eigenvalue weighted by Crippen LogP contribution is 2.25. The molecular weight excluding hydrogens is 232 g/mol. The van der Waals surface area contributed by atoms with E-state index in [0.29, 0.717) is 11.1 Å². The van der Waals surface area contributed by atoms with Gasteiger partial charge in [0.2, 0.25) is 0 Å². The minimum absolute atomic E-state index is 0.115. The van der Waals surface area contributed by atoms with Crippen LogP contribution < -0.4 is 4.74 Å². The molecule has 0 aromatic heterocycles. The van der Waals surface area contributed by atoms with Gasteiger partial charge >= 0.3 is 0 Å². The number of phenols is 1. The summed E-state index contributed by atoms with van der Waals surface area (Å²) in [6.45, 7) is 0. The lowest BCUT2D eigenvalue weighted by Gasteiger charge is -2.01. The first-order valence-corrected chi connectivity index (χ1v) is 4.82. The lowest BCUT2D eigenvalue weighted by Crippen LogP contribution is -1.84. The van der Waals surface area contributed by atoms with E-state index in [1.165, 1.54) is 7.11 Å². The molecule has 0 bridgehead atoms. The number of benzene rings is 1. The molecule has 1 rings (SSSR count). The Morgan fingerprint density at radius 2 is 2.31 bits per heavy atom. The smallest absolute Gasteiger partial charge is 0.160 e. The molecular formula is C10H9BrO2. The van der Waals surface area contributed by atoms with E-state index in [0.717, 1.165) is 5.56 Å². The Morgan fingerprint density at radius 1 is 1.54 bits per heavy atom. The molecule has 0 radical (unpaired) electrons. The second-order valence-electron chi connectivity index (χ2n) is 2.32. The molecule has 68 valence electrons. The fourth-order valence-corrected chi connectivity index (χ4v) is 1.04. The van der Waals surface area contributed by atoms with Crippen molar-refractivity contribution in [1.82, 2.24) is 0 Å². The Hall–Kier alpha value is -1.14. The number of phenolic OH excluding ortho intramolecular Hbond substituents is 1. The standard InChI is InChI=1S/C10H9BrO2/c1-13-10-5-4-8(3-2-6-11)7-9(10)12/h4-5,7,12H,6H2,1H3. The molecule has 2 nitrogen and oxygen atoms in total. The molecule has 0 fully saturated rings. The fraction of sp³-hybridized carbons (Fsp3) is 0.200. The minimum atomic E-state index is 0.115. The number of alkyl halides is 1. The summed E-state index contributed by atoms with van der Waals surface area (Å²) >= 11 is 3.19. The molecule has 0 atom stereocenters. The summed E-state index contributed by atoms with van der Waals surface area (Å²) in [5.41, 5.74) is 0.776. The highest BCUT2D eigenvalue weighted by atomic mass is 79.9. The number of aromatic hydroxyl groups is 1. The van der Waals surface area contributed by atoms with Crippen molar-refractivity contribution in [3.05, 3.63) is 23.8 Å². The van der Waals surface area contributed by atoms with E-state index in [1.807, 2.05) is 0 Å². The first-order chi connectivity index (χ1) is 6.27. The number of rotatable bonds is 1. The summed E-state index contributed by atoms with van der Waals surface area (Å²) in [6, 6.07) is 5.07. The Morgan fingerprint density at radius 3 is 2.85 bits per heavy atom. The second-order valence-corrected chi connectivity index (χ2v) is 2.88. The van der Waals surface area contributed by atoms with Gasteiger partial charge in [0.1, 0.15) is 0 Å².